The number of hydrogen-bond donors (Lipinski definition) is 0. The van der Waals surface area contributed by atoms with Gasteiger partial charge >= 0.3 is 0 Å². The van der Waals surface area contributed by atoms with Crippen molar-refractivity contribution >= 4 is 27.1 Å². The van der Waals surface area contributed by atoms with Crippen LogP contribution in [-0.2, 0) is 16.3 Å². The Balaban J connectivity index is 1.88. The zero-order valence-electron chi connectivity index (χ0n) is 10.3. The fourth-order valence-corrected chi connectivity index (χ4v) is 4.47. The molecule has 1 fully saturated rings. The molecule has 0 saturated carbocycles. The molecule has 3 heterocycles. The molecule has 1 atom stereocenters. The first-order valence-corrected chi connectivity index (χ1v) is 8.36. The van der Waals surface area contributed by atoms with Crippen LogP contribution in [0.2, 0.25) is 5.02 Å². The van der Waals surface area contributed by atoms with Gasteiger partial charge in [0, 0.05) is 23.7 Å². The number of sulfone groups is 1. The lowest BCUT2D eigenvalue weighted by Gasteiger charge is -2.20. The van der Waals surface area contributed by atoms with Gasteiger partial charge in [-0.3, -0.25) is 0 Å². The maximum Gasteiger partial charge on any atom is 0.157 e. The lowest BCUT2D eigenvalue weighted by atomic mass is 10.1. The average molecular weight is 300 g/mol. The van der Waals surface area contributed by atoms with Crippen molar-refractivity contribution in [2.24, 2.45) is 0 Å². The molecule has 0 radical (unpaired) electrons. The average Bonchev–Trinajstić information content (AvgIpc) is 2.73. The third-order valence-corrected chi connectivity index (χ3v) is 5.98. The molecule has 2 aromatic heterocycles. The summed E-state index contributed by atoms with van der Waals surface area (Å²) in [6.07, 6.45) is 4.56. The molecule has 1 saturated heterocycles. The first-order valence-electron chi connectivity index (χ1n) is 6.27. The second-order valence-electron chi connectivity index (χ2n) is 4.86. The van der Waals surface area contributed by atoms with Crippen LogP contribution in [0.15, 0.2) is 18.3 Å². The maximum atomic E-state index is 12.0. The highest BCUT2D eigenvalue weighted by Gasteiger charge is 2.30. The highest BCUT2D eigenvalue weighted by Crippen LogP contribution is 2.22. The number of aromatic nitrogens is 3. The minimum absolute atomic E-state index is 0.289. The molecular weight excluding hydrogens is 286 g/mol. The Hall–Kier alpha value is -1.14. The number of nitrogens with zero attached hydrogens (tertiary/aromatic N) is 3. The van der Waals surface area contributed by atoms with Crippen LogP contribution in [0, 0.1) is 0 Å². The van der Waals surface area contributed by atoms with Crippen molar-refractivity contribution < 1.29 is 8.42 Å². The number of hydrogen-bond acceptors (Lipinski definition) is 4. The Morgan fingerprint density at radius 3 is 3.05 bits per heavy atom. The SMILES string of the molecule is O=S1(=O)CCCCC1Cc1nc2cc(Cl)ccn2n1. The Bertz CT molecular complexity index is 711. The molecule has 0 amide bonds. The molecular formula is C12H14ClN3O2S. The Morgan fingerprint density at radius 1 is 1.42 bits per heavy atom. The summed E-state index contributed by atoms with van der Waals surface area (Å²) in [5, 5.41) is 4.55. The number of rotatable bonds is 2. The zero-order chi connectivity index (χ0) is 13.5. The first-order chi connectivity index (χ1) is 9.04. The monoisotopic (exact) mass is 299 g/mol. The lowest BCUT2D eigenvalue weighted by Crippen LogP contribution is -2.30. The Labute approximate surface area is 116 Å². The summed E-state index contributed by atoms with van der Waals surface area (Å²) in [4.78, 5) is 4.34. The van der Waals surface area contributed by atoms with E-state index in [1.807, 2.05) is 0 Å². The van der Waals surface area contributed by atoms with Gasteiger partial charge in [-0.1, -0.05) is 18.0 Å². The third-order valence-electron chi connectivity index (χ3n) is 3.47. The summed E-state index contributed by atoms with van der Waals surface area (Å²) in [5.74, 6) is 0.856. The molecule has 102 valence electrons. The number of pyridine rings is 1. The van der Waals surface area contributed by atoms with Crippen molar-refractivity contribution in [2.45, 2.75) is 30.9 Å². The zero-order valence-corrected chi connectivity index (χ0v) is 11.9. The van der Waals surface area contributed by atoms with E-state index in [-0.39, 0.29) is 11.0 Å². The van der Waals surface area contributed by atoms with Crippen molar-refractivity contribution in [1.29, 1.82) is 0 Å². The summed E-state index contributed by atoms with van der Waals surface area (Å²) in [5.41, 5.74) is 0.649. The van der Waals surface area contributed by atoms with Gasteiger partial charge in [-0.05, 0) is 18.9 Å². The molecule has 0 N–H and O–H groups in total. The van der Waals surface area contributed by atoms with Crippen molar-refractivity contribution in [3.8, 4) is 0 Å². The van der Waals surface area contributed by atoms with E-state index in [4.69, 9.17) is 11.6 Å². The van der Waals surface area contributed by atoms with E-state index in [2.05, 4.69) is 10.1 Å². The molecule has 1 aliphatic heterocycles. The standard InChI is InChI=1S/C12H14ClN3O2S/c13-9-4-5-16-12(7-9)14-11(15-16)8-10-3-1-2-6-19(10,17)18/h4-5,7,10H,1-3,6,8H2. The van der Waals surface area contributed by atoms with Gasteiger partial charge in [0.2, 0.25) is 0 Å². The largest absolute Gasteiger partial charge is 0.229 e. The molecule has 0 aromatic carbocycles. The number of fused-ring (bicyclic) bond motifs is 1. The van der Waals surface area contributed by atoms with Gasteiger partial charge in [-0.15, -0.1) is 0 Å². The van der Waals surface area contributed by atoms with Crippen molar-refractivity contribution in [3.05, 3.63) is 29.2 Å². The lowest BCUT2D eigenvalue weighted by molar-refractivity contribution is 0.534. The molecule has 19 heavy (non-hydrogen) atoms. The van der Waals surface area contributed by atoms with Crippen molar-refractivity contribution in [1.82, 2.24) is 14.6 Å². The fraction of sp³-hybridized carbons (Fsp3) is 0.500. The second-order valence-corrected chi connectivity index (χ2v) is 7.70. The van der Waals surface area contributed by atoms with E-state index in [0.29, 0.717) is 29.3 Å². The molecule has 0 bridgehead atoms. The van der Waals surface area contributed by atoms with Gasteiger partial charge in [-0.25, -0.2) is 17.9 Å². The number of halogens is 1. The van der Waals surface area contributed by atoms with E-state index >= 15 is 0 Å². The molecule has 0 aliphatic carbocycles. The van der Waals surface area contributed by atoms with Crippen LogP contribution in [0.5, 0.6) is 0 Å². The minimum atomic E-state index is -2.98. The summed E-state index contributed by atoms with van der Waals surface area (Å²) in [6.45, 7) is 0. The van der Waals surface area contributed by atoms with Crippen LogP contribution in [0.25, 0.3) is 5.65 Å². The van der Waals surface area contributed by atoms with Gasteiger partial charge < -0.3 is 0 Å². The second kappa shape index (κ2) is 4.76. The predicted octanol–water partition coefficient (Wildman–Crippen LogP) is 1.89. The van der Waals surface area contributed by atoms with Crippen LogP contribution in [0.3, 0.4) is 0 Å². The van der Waals surface area contributed by atoms with E-state index in [1.54, 1.807) is 22.8 Å². The van der Waals surface area contributed by atoms with Crippen molar-refractivity contribution in [3.63, 3.8) is 0 Å². The molecule has 2 aromatic rings. The van der Waals surface area contributed by atoms with Crippen molar-refractivity contribution in [2.75, 3.05) is 5.75 Å². The molecule has 1 aliphatic rings. The van der Waals surface area contributed by atoms with Gasteiger partial charge in [0.25, 0.3) is 0 Å². The summed E-state index contributed by atoms with van der Waals surface area (Å²) in [6, 6.07) is 3.44. The van der Waals surface area contributed by atoms with E-state index in [0.717, 1.165) is 12.8 Å². The van der Waals surface area contributed by atoms with Crippen LogP contribution >= 0.6 is 11.6 Å². The molecule has 0 spiro atoms. The van der Waals surface area contributed by atoms with E-state index < -0.39 is 9.84 Å². The quantitative estimate of drug-likeness (QED) is 0.849. The maximum absolute atomic E-state index is 12.0. The first kappa shape index (κ1) is 12.9. The van der Waals surface area contributed by atoms with Gasteiger partial charge in [-0.2, -0.15) is 5.10 Å². The normalized spacial score (nSPS) is 22.7. The smallest absolute Gasteiger partial charge is 0.157 e. The van der Waals surface area contributed by atoms with Crippen LogP contribution < -0.4 is 0 Å². The van der Waals surface area contributed by atoms with Crippen LogP contribution in [-0.4, -0.2) is 34.0 Å². The summed E-state index contributed by atoms with van der Waals surface area (Å²) in [7, 11) is -2.98. The van der Waals surface area contributed by atoms with Crippen LogP contribution in [0.4, 0.5) is 0 Å². The van der Waals surface area contributed by atoms with E-state index in [1.165, 1.54) is 0 Å². The summed E-state index contributed by atoms with van der Waals surface area (Å²) < 4.78 is 25.6. The third kappa shape index (κ3) is 2.60. The van der Waals surface area contributed by atoms with E-state index in [9.17, 15) is 8.42 Å². The fourth-order valence-electron chi connectivity index (χ4n) is 2.44. The Morgan fingerprint density at radius 2 is 2.26 bits per heavy atom. The highest BCUT2D eigenvalue weighted by atomic mass is 35.5. The molecule has 3 rings (SSSR count). The van der Waals surface area contributed by atoms with Gasteiger partial charge in [0.05, 0.1) is 11.0 Å². The molecule has 5 nitrogen and oxygen atoms in total. The predicted molar refractivity (Wildman–Crippen MR) is 73.1 cm³/mol. The van der Waals surface area contributed by atoms with Gasteiger partial charge in [0.1, 0.15) is 0 Å². The molecule has 7 heteroatoms. The molecule has 1 unspecified atom stereocenters. The van der Waals surface area contributed by atoms with Crippen LogP contribution in [0.1, 0.15) is 25.1 Å². The highest BCUT2D eigenvalue weighted by molar-refractivity contribution is 7.92. The summed E-state index contributed by atoms with van der Waals surface area (Å²) >= 11 is 5.89. The van der Waals surface area contributed by atoms with Gasteiger partial charge in [0.15, 0.2) is 21.3 Å². The minimum Gasteiger partial charge on any atom is -0.229 e. The Kier molecular flexibility index (Phi) is 3.22. The topological polar surface area (TPSA) is 64.3 Å².